The number of carbonyl (C=O) groups is 1. The standard InChI is InChI=1S/C30H29N3O4S/c1-6-37-29(35)25-18(2)31-30-33(27(25)26-22-10-8-7-9-20(22)13-16-23(26)36-5)28(34)24(38-30)17-19-11-14-21(15-12-19)32(3)4/h7-17,27H,6H2,1-5H3/b24-17-/t27-/m0/s1. The lowest BCUT2D eigenvalue weighted by atomic mass is 9.90. The highest BCUT2D eigenvalue weighted by Crippen LogP contribution is 2.40. The molecule has 0 bridgehead atoms. The summed E-state index contributed by atoms with van der Waals surface area (Å²) in [5, 5.41) is 1.87. The number of benzene rings is 3. The number of aromatic nitrogens is 1. The van der Waals surface area contributed by atoms with Crippen LogP contribution in [0.5, 0.6) is 5.75 Å². The van der Waals surface area contributed by atoms with Gasteiger partial charge in [0, 0.05) is 25.3 Å². The second-order valence-corrected chi connectivity index (χ2v) is 10.2. The molecule has 1 aliphatic rings. The van der Waals surface area contributed by atoms with E-state index in [0.717, 1.165) is 27.6 Å². The lowest BCUT2D eigenvalue weighted by molar-refractivity contribution is -0.139. The highest BCUT2D eigenvalue weighted by atomic mass is 32.1. The fourth-order valence-corrected chi connectivity index (χ4v) is 5.87. The molecule has 3 aromatic carbocycles. The number of methoxy groups -OCH3 is 1. The van der Waals surface area contributed by atoms with Gasteiger partial charge in [0.2, 0.25) is 0 Å². The number of thiazole rings is 1. The molecule has 194 valence electrons. The Balaban J connectivity index is 1.80. The van der Waals surface area contributed by atoms with E-state index in [0.29, 0.717) is 26.4 Å². The molecule has 0 unspecified atom stereocenters. The largest absolute Gasteiger partial charge is 0.496 e. The van der Waals surface area contributed by atoms with Crippen LogP contribution in [0.1, 0.15) is 31.0 Å². The van der Waals surface area contributed by atoms with Gasteiger partial charge in [-0.1, -0.05) is 53.8 Å². The zero-order valence-corrected chi connectivity index (χ0v) is 22.8. The minimum atomic E-state index is -0.760. The lowest BCUT2D eigenvalue weighted by Gasteiger charge is -2.27. The number of esters is 1. The first kappa shape index (κ1) is 25.5. The van der Waals surface area contributed by atoms with Gasteiger partial charge < -0.3 is 14.4 Å². The maximum atomic E-state index is 14.0. The summed E-state index contributed by atoms with van der Waals surface area (Å²) in [6.45, 7) is 3.76. The van der Waals surface area contributed by atoms with Gasteiger partial charge in [-0.3, -0.25) is 9.36 Å². The summed E-state index contributed by atoms with van der Waals surface area (Å²) in [5.41, 5.74) is 3.33. The number of rotatable bonds is 6. The molecule has 0 saturated carbocycles. The molecule has 4 aromatic rings. The fraction of sp³-hybridized carbons (Fsp3) is 0.233. The Labute approximate surface area is 224 Å². The highest BCUT2D eigenvalue weighted by Gasteiger charge is 2.36. The van der Waals surface area contributed by atoms with Crippen LogP contribution in [-0.2, 0) is 9.53 Å². The molecule has 0 N–H and O–H groups in total. The smallest absolute Gasteiger partial charge is 0.338 e. The average molecular weight is 528 g/mol. The minimum absolute atomic E-state index is 0.211. The normalized spacial score (nSPS) is 15.3. The van der Waals surface area contributed by atoms with Crippen LogP contribution in [0.15, 0.2) is 81.7 Å². The van der Waals surface area contributed by atoms with Crippen molar-refractivity contribution in [3.63, 3.8) is 0 Å². The molecule has 0 saturated heterocycles. The maximum Gasteiger partial charge on any atom is 0.338 e. The Morgan fingerprint density at radius 3 is 2.53 bits per heavy atom. The number of ether oxygens (including phenoxy) is 2. The SMILES string of the molecule is CCOC(=O)C1=C(C)N=c2s/c(=C\c3ccc(N(C)C)cc3)c(=O)n2[C@@H]1c1c(OC)ccc2ccccc12. The first-order valence-electron chi connectivity index (χ1n) is 12.4. The summed E-state index contributed by atoms with van der Waals surface area (Å²) in [6.07, 6.45) is 1.87. The number of allylic oxidation sites excluding steroid dienone is 1. The summed E-state index contributed by atoms with van der Waals surface area (Å²) in [7, 11) is 5.56. The molecule has 1 atom stereocenters. The Bertz CT molecular complexity index is 1750. The van der Waals surface area contributed by atoms with Crippen LogP contribution >= 0.6 is 11.3 Å². The average Bonchev–Trinajstić information content (AvgIpc) is 3.21. The Kier molecular flexibility index (Phi) is 6.91. The number of fused-ring (bicyclic) bond motifs is 2. The van der Waals surface area contributed by atoms with Crippen LogP contribution in [0.3, 0.4) is 0 Å². The van der Waals surface area contributed by atoms with Gasteiger partial charge in [-0.2, -0.15) is 0 Å². The fourth-order valence-electron chi connectivity index (χ4n) is 4.82. The third-order valence-corrected chi connectivity index (χ3v) is 7.63. The molecule has 8 heteroatoms. The Morgan fingerprint density at radius 1 is 1.11 bits per heavy atom. The van der Waals surface area contributed by atoms with Crippen molar-refractivity contribution < 1.29 is 14.3 Å². The molecule has 0 amide bonds. The monoisotopic (exact) mass is 527 g/mol. The first-order valence-corrected chi connectivity index (χ1v) is 13.2. The third kappa shape index (κ3) is 4.41. The predicted octanol–water partition coefficient (Wildman–Crippen LogP) is 4.03. The van der Waals surface area contributed by atoms with E-state index >= 15 is 0 Å². The van der Waals surface area contributed by atoms with Gasteiger partial charge in [0.05, 0.1) is 29.5 Å². The van der Waals surface area contributed by atoms with Gasteiger partial charge in [-0.25, -0.2) is 9.79 Å². The van der Waals surface area contributed by atoms with Crippen molar-refractivity contribution in [1.82, 2.24) is 4.57 Å². The summed E-state index contributed by atoms with van der Waals surface area (Å²) < 4.78 is 13.4. The topological polar surface area (TPSA) is 73.1 Å². The Morgan fingerprint density at radius 2 is 1.84 bits per heavy atom. The van der Waals surface area contributed by atoms with Crippen molar-refractivity contribution in [3.8, 4) is 5.75 Å². The molecule has 0 radical (unpaired) electrons. The second-order valence-electron chi connectivity index (χ2n) is 9.19. The predicted molar refractivity (Wildman–Crippen MR) is 152 cm³/mol. The van der Waals surface area contributed by atoms with E-state index in [4.69, 9.17) is 14.5 Å². The van der Waals surface area contributed by atoms with E-state index < -0.39 is 12.0 Å². The quantitative estimate of drug-likeness (QED) is 0.354. The number of nitrogens with zero attached hydrogens (tertiary/aromatic N) is 3. The van der Waals surface area contributed by atoms with Crippen molar-refractivity contribution in [1.29, 1.82) is 0 Å². The molecule has 38 heavy (non-hydrogen) atoms. The van der Waals surface area contributed by atoms with Crippen molar-refractivity contribution in [2.45, 2.75) is 19.9 Å². The van der Waals surface area contributed by atoms with Crippen LogP contribution in [0.25, 0.3) is 16.8 Å². The van der Waals surface area contributed by atoms with E-state index in [9.17, 15) is 9.59 Å². The maximum absolute atomic E-state index is 14.0. The number of anilines is 1. The molecular formula is C30H29N3O4S. The molecule has 5 rings (SSSR count). The van der Waals surface area contributed by atoms with E-state index in [1.165, 1.54) is 11.3 Å². The van der Waals surface area contributed by atoms with Crippen molar-refractivity contribution >= 4 is 39.8 Å². The minimum Gasteiger partial charge on any atom is -0.496 e. The van der Waals surface area contributed by atoms with Gasteiger partial charge in [-0.15, -0.1) is 0 Å². The van der Waals surface area contributed by atoms with E-state index in [1.54, 1.807) is 25.5 Å². The summed E-state index contributed by atoms with van der Waals surface area (Å²) >= 11 is 1.31. The van der Waals surface area contributed by atoms with Gasteiger partial charge in [0.1, 0.15) is 11.8 Å². The molecular weight excluding hydrogens is 498 g/mol. The zero-order chi connectivity index (χ0) is 27.0. The van der Waals surface area contributed by atoms with Gasteiger partial charge >= 0.3 is 5.97 Å². The van der Waals surface area contributed by atoms with E-state index in [1.807, 2.05) is 85.7 Å². The van der Waals surface area contributed by atoms with Crippen LogP contribution < -0.4 is 24.5 Å². The van der Waals surface area contributed by atoms with Crippen LogP contribution in [0.2, 0.25) is 0 Å². The second kappa shape index (κ2) is 10.3. The number of hydrogen-bond acceptors (Lipinski definition) is 7. The molecule has 0 spiro atoms. The summed E-state index contributed by atoms with van der Waals surface area (Å²) in [5.74, 6) is 0.0846. The van der Waals surface area contributed by atoms with Crippen molar-refractivity contribution in [3.05, 3.63) is 103 Å². The molecule has 1 aliphatic heterocycles. The van der Waals surface area contributed by atoms with Gasteiger partial charge in [0.25, 0.3) is 5.56 Å². The van der Waals surface area contributed by atoms with E-state index in [2.05, 4.69) is 0 Å². The third-order valence-electron chi connectivity index (χ3n) is 6.65. The summed E-state index contributed by atoms with van der Waals surface area (Å²) in [6, 6.07) is 18.9. The van der Waals surface area contributed by atoms with Crippen LogP contribution in [0.4, 0.5) is 5.69 Å². The molecule has 7 nitrogen and oxygen atoms in total. The van der Waals surface area contributed by atoms with Gasteiger partial charge in [-0.05, 0) is 54.5 Å². The zero-order valence-electron chi connectivity index (χ0n) is 22.0. The first-order chi connectivity index (χ1) is 18.3. The molecule has 1 aromatic heterocycles. The van der Waals surface area contributed by atoms with Crippen LogP contribution in [0, 0.1) is 0 Å². The molecule has 0 aliphatic carbocycles. The van der Waals surface area contributed by atoms with Crippen molar-refractivity contribution in [2.75, 3.05) is 32.7 Å². The van der Waals surface area contributed by atoms with E-state index in [-0.39, 0.29) is 12.2 Å². The van der Waals surface area contributed by atoms with Gasteiger partial charge in [0.15, 0.2) is 4.80 Å². The molecule has 2 heterocycles. The summed E-state index contributed by atoms with van der Waals surface area (Å²) in [4.78, 5) is 34.6. The Hall–Kier alpha value is -4.17. The lowest BCUT2D eigenvalue weighted by Crippen LogP contribution is -2.40. The molecule has 0 fully saturated rings. The number of carbonyl (C=O) groups excluding carboxylic acids is 1. The van der Waals surface area contributed by atoms with Crippen molar-refractivity contribution in [2.24, 2.45) is 4.99 Å². The number of hydrogen-bond donors (Lipinski definition) is 0. The van der Waals surface area contributed by atoms with Crippen LogP contribution in [-0.4, -0.2) is 38.3 Å². The highest BCUT2D eigenvalue weighted by molar-refractivity contribution is 7.07.